The summed E-state index contributed by atoms with van der Waals surface area (Å²) in [5, 5.41) is 0. The lowest BCUT2D eigenvalue weighted by molar-refractivity contribution is 0.731. The van der Waals surface area contributed by atoms with Gasteiger partial charge in [0.25, 0.3) is 0 Å². The van der Waals surface area contributed by atoms with E-state index in [2.05, 4.69) is 40.1 Å². The van der Waals surface area contributed by atoms with E-state index in [1.54, 1.807) is 0 Å². The highest BCUT2D eigenvalue weighted by atomic mass is 127. The Balaban J connectivity index is 2.61. The highest BCUT2D eigenvalue weighted by Crippen LogP contribution is 2.21. The van der Waals surface area contributed by atoms with Crippen LogP contribution in [-0.4, -0.2) is 6.54 Å². The van der Waals surface area contributed by atoms with E-state index >= 15 is 0 Å². The summed E-state index contributed by atoms with van der Waals surface area (Å²) in [4.78, 5) is 0. The zero-order valence-electron chi connectivity index (χ0n) is 6.13. The standard InChI is InChI=1S/C8H11IN2/c9-8(6-11-10)7-4-2-1-3-5-7/h1-5,8,11H,6,10H2. The second-order valence-electron chi connectivity index (χ2n) is 2.29. The summed E-state index contributed by atoms with van der Waals surface area (Å²) in [6.45, 7) is 0.810. The Bertz CT molecular complexity index is 201. The zero-order valence-corrected chi connectivity index (χ0v) is 8.28. The van der Waals surface area contributed by atoms with Gasteiger partial charge in [-0.1, -0.05) is 52.9 Å². The van der Waals surface area contributed by atoms with Gasteiger partial charge in [0.2, 0.25) is 0 Å². The van der Waals surface area contributed by atoms with E-state index in [1.165, 1.54) is 5.56 Å². The number of halogens is 1. The average molecular weight is 262 g/mol. The minimum atomic E-state index is 0.457. The molecule has 0 spiro atoms. The maximum absolute atomic E-state index is 5.21. The van der Waals surface area contributed by atoms with Crippen molar-refractivity contribution in [2.24, 2.45) is 5.84 Å². The number of hydrazine groups is 1. The molecule has 0 bridgehead atoms. The molecule has 0 radical (unpaired) electrons. The summed E-state index contributed by atoms with van der Waals surface area (Å²) in [6, 6.07) is 10.3. The summed E-state index contributed by atoms with van der Waals surface area (Å²) in [6.07, 6.45) is 0. The summed E-state index contributed by atoms with van der Waals surface area (Å²) < 4.78 is 0.457. The first-order valence-corrected chi connectivity index (χ1v) is 4.71. The smallest absolute Gasteiger partial charge is 0.0497 e. The van der Waals surface area contributed by atoms with Crippen LogP contribution in [0.5, 0.6) is 0 Å². The fourth-order valence-electron chi connectivity index (χ4n) is 0.883. The molecular formula is C8H11IN2. The molecule has 0 saturated heterocycles. The molecule has 2 nitrogen and oxygen atoms in total. The molecule has 1 aromatic carbocycles. The lowest BCUT2D eigenvalue weighted by Crippen LogP contribution is -2.25. The lowest BCUT2D eigenvalue weighted by Gasteiger charge is -2.07. The van der Waals surface area contributed by atoms with E-state index in [4.69, 9.17) is 5.84 Å². The topological polar surface area (TPSA) is 38.0 Å². The minimum Gasteiger partial charge on any atom is -0.271 e. The molecule has 0 aliphatic heterocycles. The first-order valence-electron chi connectivity index (χ1n) is 3.47. The molecule has 1 rings (SSSR count). The third kappa shape index (κ3) is 2.76. The van der Waals surface area contributed by atoms with Crippen LogP contribution in [0.15, 0.2) is 30.3 Å². The maximum atomic E-state index is 5.21. The summed E-state index contributed by atoms with van der Waals surface area (Å²) in [5.74, 6) is 5.21. The van der Waals surface area contributed by atoms with Crippen molar-refractivity contribution in [2.75, 3.05) is 6.54 Å². The molecule has 1 unspecified atom stereocenters. The average Bonchev–Trinajstić information content (AvgIpc) is 2.07. The van der Waals surface area contributed by atoms with E-state index in [1.807, 2.05) is 18.2 Å². The van der Waals surface area contributed by atoms with Gasteiger partial charge in [0.15, 0.2) is 0 Å². The molecule has 0 aliphatic rings. The van der Waals surface area contributed by atoms with Gasteiger partial charge in [-0.05, 0) is 5.56 Å². The normalized spacial score (nSPS) is 12.9. The molecule has 0 aromatic heterocycles. The molecule has 60 valence electrons. The number of hydrogen-bond acceptors (Lipinski definition) is 2. The number of hydrogen-bond donors (Lipinski definition) is 2. The fourth-order valence-corrected chi connectivity index (χ4v) is 1.55. The van der Waals surface area contributed by atoms with Crippen LogP contribution in [0.2, 0.25) is 0 Å². The molecule has 1 aromatic rings. The molecule has 11 heavy (non-hydrogen) atoms. The molecule has 3 N–H and O–H groups in total. The van der Waals surface area contributed by atoms with Crippen molar-refractivity contribution in [3.63, 3.8) is 0 Å². The van der Waals surface area contributed by atoms with Gasteiger partial charge < -0.3 is 0 Å². The van der Waals surface area contributed by atoms with Crippen LogP contribution in [0.4, 0.5) is 0 Å². The molecular weight excluding hydrogens is 251 g/mol. The molecule has 0 heterocycles. The minimum absolute atomic E-state index is 0.457. The Morgan fingerprint density at radius 1 is 1.36 bits per heavy atom. The quantitative estimate of drug-likeness (QED) is 0.376. The van der Waals surface area contributed by atoms with Crippen LogP contribution in [0, 0.1) is 0 Å². The van der Waals surface area contributed by atoms with Gasteiger partial charge in [-0.15, -0.1) is 0 Å². The summed E-state index contributed by atoms with van der Waals surface area (Å²) >= 11 is 2.36. The van der Waals surface area contributed by atoms with E-state index in [-0.39, 0.29) is 0 Å². The van der Waals surface area contributed by atoms with Crippen LogP contribution in [-0.2, 0) is 0 Å². The van der Waals surface area contributed by atoms with Crippen molar-refractivity contribution in [3.05, 3.63) is 35.9 Å². The van der Waals surface area contributed by atoms with Crippen LogP contribution in [0.3, 0.4) is 0 Å². The van der Waals surface area contributed by atoms with E-state index in [0.717, 1.165) is 6.54 Å². The lowest BCUT2D eigenvalue weighted by atomic mass is 10.2. The molecule has 3 heteroatoms. The van der Waals surface area contributed by atoms with Crippen molar-refractivity contribution >= 4 is 22.6 Å². The first-order chi connectivity index (χ1) is 5.34. The first kappa shape index (κ1) is 8.96. The number of nitrogens with two attached hydrogens (primary N) is 1. The Hall–Kier alpha value is -0.130. The van der Waals surface area contributed by atoms with Gasteiger partial charge in [0.1, 0.15) is 0 Å². The highest BCUT2D eigenvalue weighted by Gasteiger charge is 2.03. The maximum Gasteiger partial charge on any atom is 0.0497 e. The highest BCUT2D eigenvalue weighted by molar-refractivity contribution is 14.1. The van der Waals surface area contributed by atoms with Crippen molar-refractivity contribution in [2.45, 2.75) is 3.92 Å². The van der Waals surface area contributed by atoms with Crippen molar-refractivity contribution in [1.29, 1.82) is 0 Å². The van der Waals surface area contributed by atoms with Crippen molar-refractivity contribution < 1.29 is 0 Å². The van der Waals surface area contributed by atoms with Crippen LogP contribution >= 0.6 is 22.6 Å². The Morgan fingerprint density at radius 3 is 2.55 bits per heavy atom. The molecule has 0 aliphatic carbocycles. The van der Waals surface area contributed by atoms with E-state index in [0.29, 0.717) is 3.92 Å². The molecule has 1 atom stereocenters. The zero-order chi connectivity index (χ0) is 8.10. The predicted molar refractivity (Wildman–Crippen MR) is 55.4 cm³/mol. The molecule has 0 amide bonds. The van der Waals surface area contributed by atoms with E-state index in [9.17, 15) is 0 Å². The van der Waals surface area contributed by atoms with Gasteiger partial charge in [-0.3, -0.25) is 11.3 Å². The van der Waals surface area contributed by atoms with Gasteiger partial charge in [0.05, 0.1) is 0 Å². The Kier molecular flexibility index (Phi) is 3.82. The third-order valence-corrected chi connectivity index (χ3v) is 2.62. The van der Waals surface area contributed by atoms with Crippen LogP contribution < -0.4 is 11.3 Å². The van der Waals surface area contributed by atoms with Crippen LogP contribution in [0.1, 0.15) is 9.49 Å². The SMILES string of the molecule is NNCC(I)c1ccccc1. The van der Waals surface area contributed by atoms with Gasteiger partial charge >= 0.3 is 0 Å². The predicted octanol–water partition coefficient (Wildman–Crippen LogP) is 1.63. The molecule has 0 fully saturated rings. The second kappa shape index (κ2) is 4.69. The van der Waals surface area contributed by atoms with E-state index < -0.39 is 0 Å². The van der Waals surface area contributed by atoms with Gasteiger partial charge in [-0.25, -0.2) is 0 Å². The number of nitrogens with one attached hydrogen (secondary N) is 1. The third-order valence-electron chi connectivity index (χ3n) is 1.46. The number of rotatable bonds is 3. The monoisotopic (exact) mass is 262 g/mol. The van der Waals surface area contributed by atoms with Crippen molar-refractivity contribution in [3.8, 4) is 0 Å². The van der Waals surface area contributed by atoms with Gasteiger partial charge in [0, 0.05) is 10.5 Å². The Morgan fingerprint density at radius 2 is 2.00 bits per heavy atom. The summed E-state index contributed by atoms with van der Waals surface area (Å²) in [5.41, 5.74) is 3.97. The molecule has 0 saturated carbocycles. The number of alkyl halides is 1. The van der Waals surface area contributed by atoms with Crippen molar-refractivity contribution in [1.82, 2.24) is 5.43 Å². The Labute approximate surface area is 80.3 Å². The fraction of sp³-hybridized carbons (Fsp3) is 0.250. The van der Waals surface area contributed by atoms with Gasteiger partial charge in [-0.2, -0.15) is 0 Å². The van der Waals surface area contributed by atoms with Crippen LogP contribution in [0.25, 0.3) is 0 Å². The second-order valence-corrected chi connectivity index (χ2v) is 3.79. The largest absolute Gasteiger partial charge is 0.271 e. The summed E-state index contributed by atoms with van der Waals surface area (Å²) in [7, 11) is 0. The number of benzene rings is 1.